The van der Waals surface area contributed by atoms with Crippen molar-refractivity contribution >= 4 is 44.7 Å². The predicted octanol–water partition coefficient (Wildman–Crippen LogP) is 3.46. The average molecular weight is 271 g/mol. The highest BCUT2D eigenvalue weighted by Crippen LogP contribution is 2.27. The van der Waals surface area contributed by atoms with E-state index >= 15 is 0 Å². The highest BCUT2D eigenvalue weighted by molar-refractivity contribution is 9.10. The number of aldehydes is 1. The van der Waals surface area contributed by atoms with E-state index in [0.717, 1.165) is 15.4 Å². The highest BCUT2D eigenvalue weighted by atomic mass is 79.9. The van der Waals surface area contributed by atoms with Crippen LogP contribution in [0, 0.1) is 0 Å². The second-order valence-corrected chi connectivity index (χ2v) is 4.10. The third-order valence-electron chi connectivity index (χ3n) is 1.92. The van der Waals surface area contributed by atoms with Gasteiger partial charge in [-0.25, -0.2) is 0 Å². The molecule has 1 heterocycles. The van der Waals surface area contributed by atoms with Gasteiger partial charge in [-0.1, -0.05) is 27.5 Å². The second kappa shape index (κ2) is 3.67. The Balaban J connectivity index is 2.86. The number of hydrogen-bond donors (Lipinski definition) is 0. The fraction of sp³-hybridized carbons (Fsp3) is 0. The first kappa shape index (κ1) is 9.62. The van der Waals surface area contributed by atoms with Crippen LogP contribution in [0.25, 0.3) is 10.9 Å². The van der Waals surface area contributed by atoms with Crippen molar-refractivity contribution in [1.29, 1.82) is 0 Å². The van der Waals surface area contributed by atoms with Crippen LogP contribution >= 0.6 is 27.5 Å². The summed E-state index contributed by atoms with van der Waals surface area (Å²) in [6.07, 6.45) is 2.18. The van der Waals surface area contributed by atoms with Crippen LogP contribution < -0.4 is 0 Å². The number of benzene rings is 1. The Bertz CT molecular complexity index is 513. The van der Waals surface area contributed by atoms with Gasteiger partial charge in [0.2, 0.25) is 0 Å². The molecule has 0 N–H and O–H groups in total. The second-order valence-electron chi connectivity index (χ2n) is 2.81. The lowest BCUT2D eigenvalue weighted by Crippen LogP contribution is -1.87. The van der Waals surface area contributed by atoms with Gasteiger partial charge in [0, 0.05) is 16.1 Å². The molecule has 0 spiro atoms. The maximum Gasteiger partial charge on any atom is 0.153 e. The first-order valence-corrected chi connectivity index (χ1v) is 5.08. The SMILES string of the molecule is O=Cc1cnc2ccc(Br)cc2c1Cl. The van der Waals surface area contributed by atoms with Gasteiger partial charge in [0.1, 0.15) is 0 Å². The summed E-state index contributed by atoms with van der Waals surface area (Å²) in [7, 11) is 0. The molecule has 0 aliphatic rings. The minimum absolute atomic E-state index is 0.414. The smallest absolute Gasteiger partial charge is 0.153 e. The minimum atomic E-state index is 0.414. The van der Waals surface area contributed by atoms with E-state index in [1.54, 1.807) is 0 Å². The predicted molar refractivity (Wildman–Crippen MR) is 59.8 cm³/mol. The molecule has 1 aromatic heterocycles. The van der Waals surface area contributed by atoms with Crippen LogP contribution in [-0.2, 0) is 0 Å². The molecule has 70 valence electrons. The topological polar surface area (TPSA) is 30.0 Å². The molecular formula is C10H5BrClNO. The maximum absolute atomic E-state index is 10.6. The van der Waals surface area contributed by atoms with Crippen molar-refractivity contribution in [3.05, 3.63) is 39.5 Å². The van der Waals surface area contributed by atoms with Crippen molar-refractivity contribution in [2.75, 3.05) is 0 Å². The molecule has 0 atom stereocenters. The summed E-state index contributed by atoms with van der Waals surface area (Å²) < 4.78 is 0.914. The largest absolute Gasteiger partial charge is 0.298 e. The summed E-state index contributed by atoms with van der Waals surface area (Å²) in [5.41, 5.74) is 1.20. The molecule has 2 nitrogen and oxygen atoms in total. The van der Waals surface area contributed by atoms with Gasteiger partial charge in [-0.05, 0) is 18.2 Å². The van der Waals surface area contributed by atoms with Crippen LogP contribution in [0.4, 0.5) is 0 Å². The number of carbonyl (C=O) groups excluding carboxylic acids is 1. The standard InChI is InChI=1S/C10H5BrClNO/c11-7-1-2-9-8(3-7)10(12)6(5-14)4-13-9/h1-5H. The number of fused-ring (bicyclic) bond motifs is 1. The quantitative estimate of drug-likeness (QED) is 0.743. The number of hydrogen-bond acceptors (Lipinski definition) is 2. The average Bonchev–Trinajstić information content (AvgIpc) is 2.20. The van der Waals surface area contributed by atoms with Gasteiger partial charge in [0.05, 0.1) is 16.1 Å². The number of halogens is 2. The molecule has 0 fully saturated rings. The Hall–Kier alpha value is -0.930. The van der Waals surface area contributed by atoms with Gasteiger partial charge in [0.25, 0.3) is 0 Å². The number of rotatable bonds is 1. The Kier molecular flexibility index (Phi) is 2.52. The van der Waals surface area contributed by atoms with Crippen molar-refractivity contribution in [3.63, 3.8) is 0 Å². The first-order chi connectivity index (χ1) is 6.72. The molecule has 1 aromatic carbocycles. The molecule has 0 aliphatic heterocycles. The number of pyridine rings is 1. The molecule has 2 aromatic rings. The monoisotopic (exact) mass is 269 g/mol. The van der Waals surface area contributed by atoms with Crippen LogP contribution in [0.15, 0.2) is 28.9 Å². The molecule has 2 rings (SSSR count). The fourth-order valence-electron chi connectivity index (χ4n) is 1.23. The van der Waals surface area contributed by atoms with E-state index in [1.165, 1.54) is 6.20 Å². The Labute approximate surface area is 94.0 Å². The molecule has 0 saturated carbocycles. The Morgan fingerprint density at radius 2 is 2.21 bits per heavy atom. The summed E-state index contributed by atoms with van der Waals surface area (Å²) >= 11 is 9.36. The molecule has 0 radical (unpaired) electrons. The summed E-state index contributed by atoms with van der Waals surface area (Å²) in [4.78, 5) is 14.7. The molecule has 0 aliphatic carbocycles. The van der Waals surface area contributed by atoms with Gasteiger partial charge in [-0.3, -0.25) is 9.78 Å². The molecule has 0 saturated heterocycles. The first-order valence-electron chi connectivity index (χ1n) is 3.91. The van der Waals surface area contributed by atoms with Crippen molar-refractivity contribution < 1.29 is 4.79 Å². The van der Waals surface area contributed by atoms with Crippen LogP contribution in [-0.4, -0.2) is 11.3 Å². The van der Waals surface area contributed by atoms with Crippen molar-refractivity contribution in [1.82, 2.24) is 4.98 Å². The summed E-state index contributed by atoms with van der Waals surface area (Å²) in [6.45, 7) is 0. The van der Waals surface area contributed by atoms with E-state index < -0.39 is 0 Å². The summed E-state index contributed by atoms with van der Waals surface area (Å²) in [5, 5.41) is 1.23. The van der Waals surface area contributed by atoms with Crippen molar-refractivity contribution in [2.45, 2.75) is 0 Å². The third-order valence-corrected chi connectivity index (χ3v) is 2.83. The van der Waals surface area contributed by atoms with E-state index in [2.05, 4.69) is 20.9 Å². The fourth-order valence-corrected chi connectivity index (χ4v) is 1.84. The zero-order chi connectivity index (χ0) is 10.1. The zero-order valence-corrected chi connectivity index (χ0v) is 9.34. The van der Waals surface area contributed by atoms with Crippen molar-refractivity contribution in [2.24, 2.45) is 0 Å². The normalized spacial score (nSPS) is 10.4. The maximum atomic E-state index is 10.6. The Morgan fingerprint density at radius 3 is 2.93 bits per heavy atom. The minimum Gasteiger partial charge on any atom is -0.298 e. The lowest BCUT2D eigenvalue weighted by Gasteiger charge is -2.02. The van der Waals surface area contributed by atoms with Gasteiger partial charge in [-0.15, -0.1) is 0 Å². The molecule has 0 unspecified atom stereocenters. The van der Waals surface area contributed by atoms with E-state index in [4.69, 9.17) is 11.6 Å². The molecule has 0 bridgehead atoms. The van der Waals surface area contributed by atoms with Gasteiger partial charge in [-0.2, -0.15) is 0 Å². The lowest BCUT2D eigenvalue weighted by molar-refractivity contribution is 0.112. The lowest BCUT2D eigenvalue weighted by atomic mass is 10.2. The molecular weight excluding hydrogens is 265 g/mol. The van der Waals surface area contributed by atoms with Crippen LogP contribution in [0.3, 0.4) is 0 Å². The van der Waals surface area contributed by atoms with Crippen molar-refractivity contribution in [3.8, 4) is 0 Å². The zero-order valence-electron chi connectivity index (χ0n) is 7.00. The molecule has 0 amide bonds. The third kappa shape index (κ3) is 1.53. The van der Waals surface area contributed by atoms with Gasteiger partial charge in [0.15, 0.2) is 6.29 Å². The van der Waals surface area contributed by atoms with Crippen LogP contribution in [0.5, 0.6) is 0 Å². The highest BCUT2D eigenvalue weighted by Gasteiger charge is 2.05. The number of nitrogens with zero attached hydrogens (tertiary/aromatic N) is 1. The Morgan fingerprint density at radius 1 is 1.43 bits per heavy atom. The van der Waals surface area contributed by atoms with Crippen LogP contribution in [0.1, 0.15) is 10.4 Å². The summed E-state index contributed by atoms with van der Waals surface area (Å²) in [5.74, 6) is 0. The number of aromatic nitrogens is 1. The van der Waals surface area contributed by atoms with E-state index in [0.29, 0.717) is 16.9 Å². The van der Waals surface area contributed by atoms with Crippen LogP contribution in [0.2, 0.25) is 5.02 Å². The summed E-state index contributed by atoms with van der Waals surface area (Å²) in [6, 6.07) is 5.57. The molecule has 4 heteroatoms. The van der Waals surface area contributed by atoms with E-state index in [1.807, 2.05) is 18.2 Å². The number of carbonyl (C=O) groups is 1. The molecule has 14 heavy (non-hydrogen) atoms. The van der Waals surface area contributed by atoms with E-state index in [-0.39, 0.29) is 0 Å². The van der Waals surface area contributed by atoms with Gasteiger partial charge < -0.3 is 0 Å². The van der Waals surface area contributed by atoms with Gasteiger partial charge >= 0.3 is 0 Å². The van der Waals surface area contributed by atoms with E-state index in [9.17, 15) is 4.79 Å².